The lowest BCUT2D eigenvalue weighted by atomic mass is 10.1. The van der Waals surface area contributed by atoms with Crippen LogP contribution in [0.25, 0.3) is 0 Å². The maximum Gasteiger partial charge on any atom is 0.258 e. The minimum Gasteiger partial charge on any atom is -0.493 e. The summed E-state index contributed by atoms with van der Waals surface area (Å²) < 4.78 is 16.2. The fraction of sp³-hybridized carbons (Fsp3) is 0.278. The molecule has 1 aliphatic heterocycles. The Labute approximate surface area is 145 Å². The first-order chi connectivity index (χ1) is 12.2. The number of rotatable bonds is 5. The number of ether oxygens (including phenoxy) is 3. The Balaban J connectivity index is 1.62. The molecule has 7 heteroatoms. The quantitative estimate of drug-likeness (QED) is 0.827. The summed E-state index contributed by atoms with van der Waals surface area (Å²) in [5.41, 5.74) is 0.930. The van der Waals surface area contributed by atoms with Gasteiger partial charge in [0, 0.05) is 12.3 Å². The maximum atomic E-state index is 12.6. The van der Waals surface area contributed by atoms with Crippen molar-refractivity contribution in [3.05, 3.63) is 47.7 Å². The van der Waals surface area contributed by atoms with Gasteiger partial charge in [0.05, 0.1) is 38.4 Å². The number of amides is 1. The van der Waals surface area contributed by atoms with Crippen molar-refractivity contribution in [3.63, 3.8) is 0 Å². The molecule has 0 bridgehead atoms. The highest BCUT2D eigenvalue weighted by Crippen LogP contribution is 2.32. The summed E-state index contributed by atoms with van der Waals surface area (Å²) in [7, 11) is 3.04. The molecule has 1 aliphatic rings. The highest BCUT2D eigenvalue weighted by molar-refractivity contribution is 5.98. The number of carbonyl (C=O) groups excluding carboxylic acids is 1. The Hall–Kier alpha value is -3.27. The van der Waals surface area contributed by atoms with Gasteiger partial charge in [-0.3, -0.25) is 4.79 Å². The largest absolute Gasteiger partial charge is 0.493 e. The van der Waals surface area contributed by atoms with E-state index in [1.807, 2.05) is 6.07 Å². The van der Waals surface area contributed by atoms with Crippen LogP contribution >= 0.6 is 0 Å². The lowest BCUT2D eigenvalue weighted by molar-refractivity contribution is 0.0157. The van der Waals surface area contributed by atoms with Crippen LogP contribution in [0, 0.1) is 11.3 Å². The van der Waals surface area contributed by atoms with E-state index in [9.17, 15) is 4.79 Å². The summed E-state index contributed by atoms with van der Waals surface area (Å²) in [4.78, 5) is 18.4. The SMILES string of the molecule is COc1cccc(C(=O)N2CC(Oc3ccc(C#N)cn3)C2)c1OC. The van der Waals surface area contributed by atoms with Gasteiger partial charge >= 0.3 is 0 Å². The van der Waals surface area contributed by atoms with E-state index >= 15 is 0 Å². The van der Waals surface area contributed by atoms with Crippen molar-refractivity contribution in [1.82, 2.24) is 9.88 Å². The molecule has 0 saturated carbocycles. The Morgan fingerprint density at radius 1 is 1.24 bits per heavy atom. The second-order valence-corrected chi connectivity index (χ2v) is 5.49. The van der Waals surface area contributed by atoms with E-state index in [1.165, 1.54) is 20.4 Å². The first-order valence-corrected chi connectivity index (χ1v) is 7.69. The summed E-state index contributed by atoms with van der Waals surface area (Å²) in [5.74, 6) is 1.25. The fourth-order valence-corrected chi connectivity index (χ4v) is 2.59. The van der Waals surface area contributed by atoms with Crippen molar-refractivity contribution in [2.75, 3.05) is 27.3 Å². The van der Waals surface area contributed by atoms with Gasteiger partial charge in [-0.25, -0.2) is 4.98 Å². The standard InChI is InChI=1S/C18H17N3O4/c1-23-15-5-3-4-14(17(15)24-2)18(22)21-10-13(11-21)25-16-7-6-12(8-19)9-20-16/h3-7,9,13H,10-11H2,1-2H3. The van der Waals surface area contributed by atoms with Crippen LogP contribution in [0.3, 0.4) is 0 Å². The summed E-state index contributed by atoms with van der Waals surface area (Å²) in [6.07, 6.45) is 1.33. The number of hydrogen-bond acceptors (Lipinski definition) is 6. The Kier molecular flexibility index (Phi) is 4.70. The van der Waals surface area contributed by atoms with Crippen LogP contribution in [-0.2, 0) is 0 Å². The average molecular weight is 339 g/mol. The van der Waals surface area contributed by atoms with Crippen LogP contribution in [0.4, 0.5) is 0 Å². The number of benzene rings is 1. The number of hydrogen-bond donors (Lipinski definition) is 0. The highest BCUT2D eigenvalue weighted by atomic mass is 16.5. The molecular formula is C18H17N3O4. The van der Waals surface area contributed by atoms with Gasteiger partial charge < -0.3 is 19.1 Å². The molecule has 0 unspecified atom stereocenters. The lowest BCUT2D eigenvalue weighted by Gasteiger charge is -2.38. The molecule has 1 aromatic carbocycles. The molecule has 2 heterocycles. The van der Waals surface area contributed by atoms with Gasteiger partial charge in [-0.2, -0.15) is 5.26 Å². The highest BCUT2D eigenvalue weighted by Gasteiger charge is 2.34. The first kappa shape index (κ1) is 16.6. The van der Waals surface area contributed by atoms with E-state index in [2.05, 4.69) is 4.98 Å². The van der Waals surface area contributed by atoms with Gasteiger partial charge in [0.2, 0.25) is 5.88 Å². The van der Waals surface area contributed by atoms with E-state index in [-0.39, 0.29) is 12.0 Å². The topological polar surface area (TPSA) is 84.7 Å². The van der Waals surface area contributed by atoms with Gasteiger partial charge in [-0.15, -0.1) is 0 Å². The molecule has 0 spiro atoms. The molecule has 1 aromatic heterocycles. The average Bonchev–Trinajstić information content (AvgIpc) is 2.63. The Morgan fingerprint density at radius 3 is 2.64 bits per heavy atom. The summed E-state index contributed by atoms with van der Waals surface area (Å²) in [6.45, 7) is 0.918. The number of likely N-dealkylation sites (tertiary alicyclic amines) is 1. The number of carbonyl (C=O) groups is 1. The molecule has 2 aromatic rings. The molecule has 1 amide bonds. The molecule has 1 fully saturated rings. The van der Waals surface area contributed by atoms with Crippen molar-refractivity contribution < 1.29 is 19.0 Å². The third-order valence-electron chi connectivity index (χ3n) is 3.92. The van der Waals surface area contributed by atoms with E-state index < -0.39 is 0 Å². The molecule has 0 aliphatic carbocycles. The number of nitriles is 1. The Bertz CT molecular complexity index is 808. The van der Waals surface area contributed by atoms with Crippen molar-refractivity contribution in [1.29, 1.82) is 5.26 Å². The lowest BCUT2D eigenvalue weighted by Crippen LogP contribution is -2.56. The smallest absolute Gasteiger partial charge is 0.258 e. The maximum absolute atomic E-state index is 12.6. The Morgan fingerprint density at radius 2 is 2.04 bits per heavy atom. The van der Waals surface area contributed by atoms with Gasteiger partial charge in [-0.05, 0) is 18.2 Å². The van der Waals surface area contributed by atoms with E-state index in [1.54, 1.807) is 35.2 Å². The minimum atomic E-state index is -0.136. The van der Waals surface area contributed by atoms with Crippen LogP contribution in [0.5, 0.6) is 17.4 Å². The fourth-order valence-electron chi connectivity index (χ4n) is 2.59. The van der Waals surface area contributed by atoms with Gasteiger partial charge in [0.1, 0.15) is 12.2 Å². The number of aromatic nitrogens is 1. The molecule has 0 N–H and O–H groups in total. The normalized spacial score (nSPS) is 13.6. The number of para-hydroxylation sites is 1. The van der Waals surface area contributed by atoms with E-state index in [4.69, 9.17) is 19.5 Å². The molecule has 128 valence electrons. The van der Waals surface area contributed by atoms with Crippen LogP contribution in [0.2, 0.25) is 0 Å². The van der Waals surface area contributed by atoms with Crippen LogP contribution in [0.1, 0.15) is 15.9 Å². The van der Waals surface area contributed by atoms with Gasteiger partial charge in [0.25, 0.3) is 5.91 Å². The second kappa shape index (κ2) is 7.09. The van der Waals surface area contributed by atoms with Crippen molar-refractivity contribution in [2.45, 2.75) is 6.10 Å². The predicted molar refractivity (Wildman–Crippen MR) is 88.8 cm³/mol. The number of nitrogens with zero attached hydrogens (tertiary/aromatic N) is 3. The number of pyridine rings is 1. The molecule has 0 radical (unpaired) electrons. The van der Waals surface area contributed by atoms with Crippen LogP contribution in [0.15, 0.2) is 36.5 Å². The predicted octanol–water partition coefficient (Wildman–Crippen LogP) is 1.87. The molecular weight excluding hydrogens is 322 g/mol. The van der Waals surface area contributed by atoms with E-state index in [0.717, 1.165) is 0 Å². The molecule has 3 rings (SSSR count). The molecule has 0 atom stereocenters. The summed E-state index contributed by atoms with van der Waals surface area (Å²) in [5, 5.41) is 8.76. The zero-order valence-corrected chi connectivity index (χ0v) is 13.9. The van der Waals surface area contributed by atoms with E-state index in [0.29, 0.717) is 41.6 Å². The van der Waals surface area contributed by atoms with Crippen molar-refractivity contribution in [3.8, 4) is 23.4 Å². The zero-order chi connectivity index (χ0) is 17.8. The minimum absolute atomic E-state index is 0.124. The third kappa shape index (κ3) is 3.33. The van der Waals surface area contributed by atoms with Gasteiger partial charge in [-0.1, -0.05) is 6.07 Å². The summed E-state index contributed by atoms with van der Waals surface area (Å²) in [6, 6.07) is 10.5. The van der Waals surface area contributed by atoms with Crippen LogP contribution in [-0.4, -0.2) is 49.2 Å². The van der Waals surface area contributed by atoms with Crippen molar-refractivity contribution >= 4 is 5.91 Å². The number of methoxy groups -OCH3 is 2. The summed E-state index contributed by atoms with van der Waals surface area (Å²) >= 11 is 0. The van der Waals surface area contributed by atoms with Crippen LogP contribution < -0.4 is 14.2 Å². The molecule has 1 saturated heterocycles. The monoisotopic (exact) mass is 339 g/mol. The third-order valence-corrected chi connectivity index (χ3v) is 3.92. The zero-order valence-electron chi connectivity index (χ0n) is 13.9. The molecule has 7 nitrogen and oxygen atoms in total. The second-order valence-electron chi connectivity index (χ2n) is 5.49. The molecule has 25 heavy (non-hydrogen) atoms. The van der Waals surface area contributed by atoms with Crippen molar-refractivity contribution in [2.24, 2.45) is 0 Å². The first-order valence-electron chi connectivity index (χ1n) is 7.69. The van der Waals surface area contributed by atoms with Gasteiger partial charge in [0.15, 0.2) is 11.5 Å².